The first-order valence-corrected chi connectivity index (χ1v) is 4.67. The summed E-state index contributed by atoms with van der Waals surface area (Å²) in [6.45, 7) is 0. The predicted octanol–water partition coefficient (Wildman–Crippen LogP) is 2.31. The molecule has 1 saturated carbocycles. The molecule has 0 bridgehead atoms. The van der Waals surface area contributed by atoms with Crippen LogP contribution in [0, 0.1) is 0 Å². The third-order valence-corrected chi connectivity index (χ3v) is 2.84. The van der Waals surface area contributed by atoms with Gasteiger partial charge in [-0.15, -0.1) is 0 Å². The molecule has 1 heteroatoms. The molecule has 1 atom stereocenters. The van der Waals surface area contributed by atoms with Gasteiger partial charge in [0, 0.05) is 12.3 Å². The second-order valence-electron chi connectivity index (χ2n) is 3.79. The molecule has 13 heavy (non-hydrogen) atoms. The van der Waals surface area contributed by atoms with Gasteiger partial charge in [-0.25, -0.2) is 0 Å². The number of fused-ring (bicyclic) bond motifs is 1. The van der Waals surface area contributed by atoms with Crippen LogP contribution >= 0.6 is 0 Å². The van der Waals surface area contributed by atoms with Gasteiger partial charge >= 0.3 is 0 Å². The molecule has 3 rings (SSSR count). The standard InChI is InChI=1S/C12H10O/c13-12-7-11(12)10-5-4-8-2-1-3-9(8)6-10/h1,3-6,11H,2,7H2. The lowest BCUT2D eigenvalue weighted by Gasteiger charge is -2.01. The number of carbonyl (C=O) groups excluding carboxylic acids is 1. The minimum atomic E-state index is 0.222. The first-order valence-electron chi connectivity index (χ1n) is 4.67. The average Bonchev–Trinajstić information content (AvgIpc) is 2.70. The van der Waals surface area contributed by atoms with Crippen molar-refractivity contribution < 1.29 is 4.79 Å². The third-order valence-electron chi connectivity index (χ3n) is 2.84. The summed E-state index contributed by atoms with van der Waals surface area (Å²) in [7, 11) is 0. The maximum atomic E-state index is 11.0. The second-order valence-corrected chi connectivity index (χ2v) is 3.79. The van der Waals surface area contributed by atoms with Crippen LogP contribution in [0.25, 0.3) is 6.08 Å². The summed E-state index contributed by atoms with van der Waals surface area (Å²) < 4.78 is 0. The molecule has 0 radical (unpaired) electrons. The molecule has 64 valence electrons. The Balaban J connectivity index is 2.04. The zero-order valence-electron chi connectivity index (χ0n) is 7.29. The van der Waals surface area contributed by atoms with Crippen LogP contribution < -0.4 is 0 Å². The zero-order valence-corrected chi connectivity index (χ0v) is 7.29. The SMILES string of the molecule is O=C1CC1c1ccc2c(c1)C=CC2. The van der Waals surface area contributed by atoms with E-state index in [1.54, 1.807) is 0 Å². The van der Waals surface area contributed by atoms with Crippen LogP contribution in [-0.2, 0) is 11.2 Å². The van der Waals surface area contributed by atoms with E-state index in [1.165, 1.54) is 16.7 Å². The van der Waals surface area contributed by atoms with Crippen molar-refractivity contribution in [3.8, 4) is 0 Å². The monoisotopic (exact) mass is 170 g/mol. The Bertz CT molecular complexity index is 415. The third kappa shape index (κ3) is 1.04. The highest BCUT2D eigenvalue weighted by Gasteiger charge is 2.36. The van der Waals surface area contributed by atoms with Gasteiger partial charge in [0.05, 0.1) is 0 Å². The Labute approximate surface area is 77.1 Å². The molecule has 2 aliphatic carbocycles. The summed E-state index contributed by atoms with van der Waals surface area (Å²) in [5.74, 6) is 0.612. The van der Waals surface area contributed by atoms with Crippen LogP contribution in [0.5, 0.6) is 0 Å². The zero-order chi connectivity index (χ0) is 8.84. The van der Waals surface area contributed by atoms with Crippen molar-refractivity contribution in [3.05, 3.63) is 41.0 Å². The van der Waals surface area contributed by atoms with Crippen molar-refractivity contribution in [2.75, 3.05) is 0 Å². The number of carbonyl (C=O) groups is 1. The van der Waals surface area contributed by atoms with E-state index in [0.717, 1.165) is 12.8 Å². The van der Waals surface area contributed by atoms with E-state index in [0.29, 0.717) is 5.78 Å². The van der Waals surface area contributed by atoms with Gasteiger partial charge in [-0.2, -0.15) is 0 Å². The van der Waals surface area contributed by atoms with E-state index in [9.17, 15) is 4.79 Å². The topological polar surface area (TPSA) is 17.1 Å². The number of rotatable bonds is 1. The molecule has 0 aliphatic heterocycles. The molecule has 1 aromatic carbocycles. The lowest BCUT2D eigenvalue weighted by Crippen LogP contribution is -1.86. The Morgan fingerprint density at radius 1 is 1.31 bits per heavy atom. The van der Waals surface area contributed by atoms with Crippen molar-refractivity contribution in [2.24, 2.45) is 0 Å². The molecule has 0 saturated heterocycles. The van der Waals surface area contributed by atoms with Gasteiger partial charge in [0.2, 0.25) is 0 Å². The highest BCUT2D eigenvalue weighted by atomic mass is 16.1. The van der Waals surface area contributed by atoms with Gasteiger partial charge in [0.25, 0.3) is 0 Å². The molecular weight excluding hydrogens is 160 g/mol. The van der Waals surface area contributed by atoms with Crippen LogP contribution in [0.15, 0.2) is 24.3 Å². The largest absolute Gasteiger partial charge is 0.299 e. The highest BCUT2D eigenvalue weighted by Crippen LogP contribution is 2.37. The maximum absolute atomic E-state index is 11.0. The summed E-state index contributed by atoms with van der Waals surface area (Å²) in [5, 5.41) is 0. The van der Waals surface area contributed by atoms with Gasteiger partial charge < -0.3 is 0 Å². The molecule has 1 fully saturated rings. The lowest BCUT2D eigenvalue weighted by atomic mass is 10.0. The molecule has 0 spiro atoms. The lowest BCUT2D eigenvalue weighted by molar-refractivity contribution is -0.110. The summed E-state index contributed by atoms with van der Waals surface area (Å²) in [5.41, 5.74) is 3.89. The highest BCUT2D eigenvalue weighted by molar-refractivity contribution is 6.01. The fraction of sp³-hybridized carbons (Fsp3) is 0.250. The Hall–Kier alpha value is -1.37. The number of ketones is 1. The minimum absolute atomic E-state index is 0.222. The van der Waals surface area contributed by atoms with Crippen molar-refractivity contribution >= 4 is 11.9 Å². The van der Waals surface area contributed by atoms with Crippen molar-refractivity contribution in [3.63, 3.8) is 0 Å². The number of allylic oxidation sites excluding steroid dienone is 1. The summed E-state index contributed by atoms with van der Waals surface area (Å²) in [4.78, 5) is 11.0. The van der Waals surface area contributed by atoms with Crippen molar-refractivity contribution in [1.82, 2.24) is 0 Å². The first-order chi connectivity index (χ1) is 6.34. The number of hydrogen-bond acceptors (Lipinski definition) is 1. The fourth-order valence-electron chi connectivity index (χ4n) is 1.93. The van der Waals surface area contributed by atoms with Crippen molar-refractivity contribution in [1.29, 1.82) is 0 Å². The van der Waals surface area contributed by atoms with Crippen LogP contribution in [0.2, 0.25) is 0 Å². The van der Waals surface area contributed by atoms with E-state index in [-0.39, 0.29) is 5.92 Å². The van der Waals surface area contributed by atoms with Gasteiger partial charge in [0.1, 0.15) is 5.78 Å². The molecule has 0 heterocycles. The second kappa shape index (κ2) is 2.32. The molecule has 0 amide bonds. The van der Waals surface area contributed by atoms with Crippen LogP contribution in [-0.4, -0.2) is 5.78 Å². The van der Waals surface area contributed by atoms with Crippen LogP contribution in [0.1, 0.15) is 29.0 Å². The summed E-state index contributed by atoms with van der Waals surface area (Å²) >= 11 is 0. The molecule has 0 N–H and O–H groups in total. The molecule has 2 aliphatic rings. The average molecular weight is 170 g/mol. The Kier molecular flexibility index (Phi) is 1.26. The Morgan fingerprint density at radius 2 is 2.15 bits per heavy atom. The Morgan fingerprint density at radius 3 is 2.92 bits per heavy atom. The minimum Gasteiger partial charge on any atom is -0.299 e. The summed E-state index contributed by atoms with van der Waals surface area (Å²) in [6.07, 6.45) is 6.12. The van der Waals surface area contributed by atoms with E-state index in [2.05, 4.69) is 30.4 Å². The van der Waals surface area contributed by atoms with Crippen molar-refractivity contribution in [2.45, 2.75) is 18.8 Å². The van der Waals surface area contributed by atoms with E-state index in [1.807, 2.05) is 0 Å². The van der Waals surface area contributed by atoms with Gasteiger partial charge in [0.15, 0.2) is 0 Å². The first kappa shape index (κ1) is 7.07. The number of benzene rings is 1. The predicted molar refractivity (Wildman–Crippen MR) is 51.5 cm³/mol. The summed E-state index contributed by atoms with van der Waals surface area (Å²) in [6, 6.07) is 6.41. The maximum Gasteiger partial charge on any atom is 0.141 e. The van der Waals surface area contributed by atoms with Crippen LogP contribution in [0.4, 0.5) is 0 Å². The van der Waals surface area contributed by atoms with Gasteiger partial charge in [-0.1, -0.05) is 30.4 Å². The fourth-order valence-corrected chi connectivity index (χ4v) is 1.93. The molecular formula is C12H10O. The number of hydrogen-bond donors (Lipinski definition) is 0. The van der Waals surface area contributed by atoms with Gasteiger partial charge in [-0.05, 0) is 23.1 Å². The molecule has 1 nitrogen and oxygen atoms in total. The molecule has 1 aromatic rings. The van der Waals surface area contributed by atoms with E-state index in [4.69, 9.17) is 0 Å². The smallest absolute Gasteiger partial charge is 0.141 e. The van der Waals surface area contributed by atoms with E-state index < -0.39 is 0 Å². The van der Waals surface area contributed by atoms with E-state index >= 15 is 0 Å². The van der Waals surface area contributed by atoms with Gasteiger partial charge in [-0.3, -0.25) is 4.79 Å². The normalized spacial score (nSPS) is 23.4. The molecule has 0 aromatic heterocycles. The quantitative estimate of drug-likeness (QED) is 0.632. The number of Topliss-reactive ketones (excluding diaryl/α,β-unsaturated/α-hetero) is 1. The van der Waals surface area contributed by atoms with Crippen LogP contribution in [0.3, 0.4) is 0 Å². The molecule has 1 unspecified atom stereocenters.